The van der Waals surface area contributed by atoms with Crippen molar-refractivity contribution < 1.29 is 24.2 Å². The van der Waals surface area contributed by atoms with Gasteiger partial charge in [0.05, 0.1) is 10.7 Å². The molecule has 0 bridgehead atoms. The van der Waals surface area contributed by atoms with Crippen molar-refractivity contribution in [1.29, 1.82) is 0 Å². The van der Waals surface area contributed by atoms with Gasteiger partial charge < -0.3 is 25.4 Å². The summed E-state index contributed by atoms with van der Waals surface area (Å²) in [7, 11) is 0. The van der Waals surface area contributed by atoms with Crippen molar-refractivity contribution in [2.45, 2.75) is 78.6 Å². The van der Waals surface area contributed by atoms with E-state index >= 15 is 0 Å². The van der Waals surface area contributed by atoms with Gasteiger partial charge in [-0.15, -0.1) is 0 Å². The van der Waals surface area contributed by atoms with Gasteiger partial charge in [-0.25, -0.2) is 4.79 Å². The zero-order chi connectivity index (χ0) is 28.4. The van der Waals surface area contributed by atoms with Crippen molar-refractivity contribution in [3.05, 3.63) is 58.6 Å². The molecule has 0 aliphatic heterocycles. The number of para-hydroxylation sites is 1. The maximum absolute atomic E-state index is 14.2. The molecule has 4 atom stereocenters. The van der Waals surface area contributed by atoms with Gasteiger partial charge in [-0.1, -0.05) is 56.6 Å². The van der Waals surface area contributed by atoms with Crippen LogP contribution in [0.25, 0.3) is 0 Å². The fourth-order valence-electron chi connectivity index (χ4n) is 4.40. The van der Waals surface area contributed by atoms with Crippen LogP contribution in [0.3, 0.4) is 0 Å². The Morgan fingerprint density at radius 3 is 2.29 bits per heavy atom. The Balaban J connectivity index is 2.05. The number of aryl methyl sites for hydroxylation is 1. The van der Waals surface area contributed by atoms with Gasteiger partial charge in [0.2, 0.25) is 5.91 Å². The van der Waals surface area contributed by atoms with E-state index in [2.05, 4.69) is 10.6 Å². The van der Waals surface area contributed by atoms with Crippen LogP contribution in [0.1, 0.15) is 65.1 Å². The number of carbonyl (C=O) groups excluding carboxylic acids is 3. The summed E-state index contributed by atoms with van der Waals surface area (Å²) in [5.74, 6) is -1.04. The molecule has 0 saturated heterocycles. The van der Waals surface area contributed by atoms with Crippen LogP contribution in [0.2, 0.25) is 5.02 Å². The number of hydrogen-bond acceptors (Lipinski definition) is 5. The Kier molecular flexibility index (Phi) is 8.97. The van der Waals surface area contributed by atoms with Gasteiger partial charge in [0.1, 0.15) is 23.4 Å². The molecule has 2 aromatic carbocycles. The average molecular weight is 544 g/mol. The van der Waals surface area contributed by atoms with E-state index in [1.807, 2.05) is 33.8 Å². The second-order valence-electron chi connectivity index (χ2n) is 11.3. The van der Waals surface area contributed by atoms with E-state index in [9.17, 15) is 19.5 Å². The number of aromatic hydroxyl groups is 1. The minimum absolute atomic E-state index is 0.0299. The van der Waals surface area contributed by atoms with E-state index in [1.54, 1.807) is 49.9 Å². The number of carbonyl (C=O) groups is 3. The number of rotatable bonds is 8. The molecule has 2 aromatic rings. The molecular formula is C29H38ClN3O5. The molecule has 0 radical (unpaired) electrons. The predicted octanol–water partition coefficient (Wildman–Crippen LogP) is 5.82. The number of nitrogens with one attached hydrogen (secondary N) is 2. The third kappa shape index (κ3) is 7.19. The standard InChI is InChI=1S/C29H38ClN3O5/c1-16(2)23(32-28(37)38-29(5,6)7)27(36)33(22-14-18(22)4)25(19-11-9-12-20(34)15-19)26(35)31-24-17(3)10-8-13-21(24)30/h8-13,15-16,18,22-23,25,34H,14H2,1-7H3,(H,31,35)(H,32,37). The maximum atomic E-state index is 14.2. The molecule has 1 aliphatic carbocycles. The average Bonchev–Trinajstić information content (AvgIpc) is 3.52. The highest BCUT2D eigenvalue weighted by atomic mass is 35.5. The Bertz CT molecular complexity index is 1170. The lowest BCUT2D eigenvalue weighted by molar-refractivity contribution is -0.142. The van der Waals surface area contributed by atoms with Crippen molar-refractivity contribution in [3.8, 4) is 5.75 Å². The Labute approximate surface area is 229 Å². The molecule has 0 aromatic heterocycles. The minimum Gasteiger partial charge on any atom is -0.508 e. The molecule has 3 rings (SSSR count). The summed E-state index contributed by atoms with van der Waals surface area (Å²) in [5.41, 5.74) is 0.924. The van der Waals surface area contributed by atoms with E-state index in [-0.39, 0.29) is 23.6 Å². The lowest BCUT2D eigenvalue weighted by atomic mass is 9.98. The quantitative estimate of drug-likeness (QED) is 0.389. The molecule has 0 heterocycles. The van der Waals surface area contributed by atoms with Crippen molar-refractivity contribution in [3.63, 3.8) is 0 Å². The predicted molar refractivity (Wildman–Crippen MR) is 148 cm³/mol. The number of nitrogens with zero attached hydrogens (tertiary/aromatic N) is 1. The van der Waals surface area contributed by atoms with Crippen LogP contribution in [-0.2, 0) is 14.3 Å². The number of alkyl carbamates (subject to hydrolysis) is 1. The van der Waals surface area contributed by atoms with Crippen LogP contribution >= 0.6 is 11.6 Å². The van der Waals surface area contributed by atoms with Crippen molar-refractivity contribution in [2.75, 3.05) is 5.32 Å². The zero-order valence-electron chi connectivity index (χ0n) is 23.0. The topological polar surface area (TPSA) is 108 Å². The smallest absolute Gasteiger partial charge is 0.408 e. The summed E-state index contributed by atoms with van der Waals surface area (Å²) < 4.78 is 5.41. The number of halogens is 1. The molecule has 0 spiro atoms. The summed E-state index contributed by atoms with van der Waals surface area (Å²) in [6.07, 6.45) is -0.00475. The first-order chi connectivity index (χ1) is 17.7. The fraction of sp³-hybridized carbons (Fsp3) is 0.483. The first-order valence-electron chi connectivity index (χ1n) is 12.9. The molecular weight excluding hydrogens is 506 g/mol. The van der Waals surface area contributed by atoms with Gasteiger partial charge in [-0.05, 0) is 75.3 Å². The number of amides is 3. The Hall–Kier alpha value is -3.26. The number of ether oxygens (including phenoxy) is 1. The van der Waals surface area contributed by atoms with Gasteiger partial charge in [0, 0.05) is 6.04 Å². The summed E-state index contributed by atoms with van der Waals surface area (Å²) in [4.78, 5) is 42.3. The second-order valence-corrected chi connectivity index (χ2v) is 11.7. The first kappa shape index (κ1) is 29.3. The lowest BCUT2D eigenvalue weighted by Gasteiger charge is -2.36. The monoisotopic (exact) mass is 543 g/mol. The van der Waals surface area contributed by atoms with E-state index < -0.39 is 35.6 Å². The first-order valence-corrected chi connectivity index (χ1v) is 13.2. The molecule has 8 nitrogen and oxygen atoms in total. The van der Waals surface area contributed by atoms with Crippen molar-refractivity contribution in [1.82, 2.24) is 10.2 Å². The van der Waals surface area contributed by atoms with Gasteiger partial charge in [0.15, 0.2) is 0 Å². The highest BCUT2D eigenvalue weighted by Gasteiger charge is 2.48. The second kappa shape index (κ2) is 11.6. The van der Waals surface area contributed by atoms with Crippen LogP contribution in [0, 0.1) is 18.8 Å². The normalized spacial score (nSPS) is 18.3. The lowest BCUT2D eigenvalue weighted by Crippen LogP contribution is -2.55. The Morgan fingerprint density at radius 1 is 1.13 bits per heavy atom. The van der Waals surface area contributed by atoms with Crippen molar-refractivity contribution in [2.24, 2.45) is 11.8 Å². The zero-order valence-corrected chi connectivity index (χ0v) is 23.8. The number of anilines is 1. The minimum atomic E-state index is -1.08. The highest BCUT2D eigenvalue weighted by molar-refractivity contribution is 6.34. The van der Waals surface area contributed by atoms with Crippen LogP contribution in [-0.4, -0.2) is 45.6 Å². The molecule has 38 heavy (non-hydrogen) atoms. The van der Waals surface area contributed by atoms with Gasteiger partial charge in [-0.2, -0.15) is 0 Å². The SMILES string of the molecule is Cc1cccc(Cl)c1NC(=O)C(c1cccc(O)c1)N(C(=O)C(NC(=O)OC(C)(C)C)C(C)C)C1CC1C. The van der Waals surface area contributed by atoms with E-state index in [0.717, 1.165) is 5.56 Å². The van der Waals surface area contributed by atoms with E-state index in [4.69, 9.17) is 16.3 Å². The van der Waals surface area contributed by atoms with Gasteiger partial charge in [0.25, 0.3) is 5.91 Å². The van der Waals surface area contributed by atoms with E-state index in [1.165, 1.54) is 12.1 Å². The molecule has 3 amide bonds. The molecule has 206 valence electrons. The van der Waals surface area contributed by atoms with Gasteiger partial charge in [-0.3, -0.25) is 9.59 Å². The summed E-state index contributed by atoms with van der Waals surface area (Å²) in [6, 6.07) is 9.36. The molecule has 1 fully saturated rings. The molecule has 4 unspecified atom stereocenters. The largest absolute Gasteiger partial charge is 0.508 e. The molecule has 9 heteroatoms. The maximum Gasteiger partial charge on any atom is 0.408 e. The van der Waals surface area contributed by atoms with Crippen LogP contribution in [0.5, 0.6) is 5.75 Å². The Morgan fingerprint density at radius 2 is 1.76 bits per heavy atom. The van der Waals surface area contributed by atoms with Gasteiger partial charge >= 0.3 is 6.09 Å². The molecule has 1 aliphatic rings. The summed E-state index contributed by atoms with van der Waals surface area (Å²) >= 11 is 6.40. The van der Waals surface area contributed by atoms with Crippen LogP contribution in [0.15, 0.2) is 42.5 Å². The molecule has 1 saturated carbocycles. The third-order valence-electron chi connectivity index (χ3n) is 6.47. The highest BCUT2D eigenvalue weighted by Crippen LogP contribution is 2.42. The molecule has 3 N–H and O–H groups in total. The fourth-order valence-corrected chi connectivity index (χ4v) is 4.66. The third-order valence-corrected chi connectivity index (χ3v) is 6.78. The van der Waals surface area contributed by atoms with Crippen molar-refractivity contribution >= 4 is 35.2 Å². The van der Waals surface area contributed by atoms with E-state index in [0.29, 0.717) is 22.7 Å². The number of benzene rings is 2. The number of phenols is 1. The number of hydrogen-bond donors (Lipinski definition) is 3. The van der Waals surface area contributed by atoms with Crippen LogP contribution in [0.4, 0.5) is 10.5 Å². The number of phenolic OH excluding ortho intramolecular Hbond substituents is 1. The summed E-state index contributed by atoms with van der Waals surface area (Å²) in [5, 5.41) is 16.2. The summed E-state index contributed by atoms with van der Waals surface area (Å²) in [6.45, 7) is 12.7. The van der Waals surface area contributed by atoms with Crippen LogP contribution < -0.4 is 10.6 Å².